The van der Waals surface area contributed by atoms with Gasteiger partial charge in [-0.05, 0) is 38.8 Å². The zero-order valence-electron chi connectivity index (χ0n) is 11.6. The molecule has 0 aromatic heterocycles. The Bertz CT molecular complexity index is 293. The van der Waals surface area contributed by atoms with Crippen molar-refractivity contribution in [1.82, 2.24) is 15.1 Å². The van der Waals surface area contributed by atoms with Gasteiger partial charge in [-0.1, -0.05) is 6.92 Å². The Labute approximate surface area is 111 Å². The van der Waals surface area contributed by atoms with E-state index in [2.05, 4.69) is 28.1 Å². The van der Waals surface area contributed by atoms with Gasteiger partial charge >= 0.3 is 0 Å². The summed E-state index contributed by atoms with van der Waals surface area (Å²) in [5.74, 6) is 0. The topological polar surface area (TPSA) is 42.3 Å². The molecule has 0 saturated carbocycles. The van der Waals surface area contributed by atoms with E-state index in [-0.39, 0.29) is 5.54 Å². The second-order valence-electron chi connectivity index (χ2n) is 5.58. The van der Waals surface area contributed by atoms with E-state index in [9.17, 15) is 5.26 Å². The molecule has 4 heteroatoms. The molecule has 4 nitrogen and oxygen atoms in total. The SMILES string of the molecule is CCCN1CCCC(C#N)(N2CCNCC2)CC1. The van der Waals surface area contributed by atoms with Crippen LogP contribution < -0.4 is 5.32 Å². The van der Waals surface area contributed by atoms with Crippen LogP contribution in [0.25, 0.3) is 0 Å². The maximum absolute atomic E-state index is 9.70. The van der Waals surface area contributed by atoms with Gasteiger partial charge in [-0.2, -0.15) is 5.26 Å². The van der Waals surface area contributed by atoms with Crippen LogP contribution in [0.5, 0.6) is 0 Å². The van der Waals surface area contributed by atoms with Crippen molar-refractivity contribution in [3.63, 3.8) is 0 Å². The molecule has 0 spiro atoms. The quantitative estimate of drug-likeness (QED) is 0.813. The Morgan fingerprint density at radius 2 is 1.94 bits per heavy atom. The Morgan fingerprint density at radius 3 is 2.61 bits per heavy atom. The first kappa shape index (κ1) is 13.8. The maximum atomic E-state index is 9.70. The number of rotatable bonds is 3. The van der Waals surface area contributed by atoms with E-state index < -0.39 is 0 Å². The number of hydrogen-bond donors (Lipinski definition) is 1. The van der Waals surface area contributed by atoms with Crippen LogP contribution in [0, 0.1) is 11.3 Å². The third kappa shape index (κ3) is 3.03. The lowest BCUT2D eigenvalue weighted by Crippen LogP contribution is -2.55. The van der Waals surface area contributed by atoms with Crippen molar-refractivity contribution in [2.45, 2.75) is 38.1 Å². The number of nitrogens with one attached hydrogen (secondary N) is 1. The van der Waals surface area contributed by atoms with Crippen LogP contribution in [0.3, 0.4) is 0 Å². The molecule has 2 heterocycles. The molecule has 2 fully saturated rings. The van der Waals surface area contributed by atoms with Gasteiger partial charge in [0.05, 0.1) is 6.07 Å². The molecule has 0 amide bonds. The van der Waals surface area contributed by atoms with Gasteiger partial charge in [0.2, 0.25) is 0 Å². The largest absolute Gasteiger partial charge is 0.314 e. The molecule has 0 radical (unpaired) electrons. The van der Waals surface area contributed by atoms with Crippen molar-refractivity contribution < 1.29 is 0 Å². The van der Waals surface area contributed by atoms with Crippen LogP contribution in [0.1, 0.15) is 32.6 Å². The highest BCUT2D eigenvalue weighted by atomic mass is 15.3. The van der Waals surface area contributed by atoms with Gasteiger partial charge in [-0.3, -0.25) is 4.90 Å². The van der Waals surface area contributed by atoms with Crippen molar-refractivity contribution in [2.75, 3.05) is 45.8 Å². The van der Waals surface area contributed by atoms with Crippen molar-refractivity contribution in [1.29, 1.82) is 5.26 Å². The number of nitriles is 1. The minimum absolute atomic E-state index is 0.190. The summed E-state index contributed by atoms with van der Waals surface area (Å²) >= 11 is 0. The molecular formula is C14H26N4. The highest BCUT2D eigenvalue weighted by molar-refractivity contribution is 5.10. The maximum Gasteiger partial charge on any atom is 0.110 e. The molecule has 1 atom stereocenters. The molecule has 2 rings (SSSR count). The van der Waals surface area contributed by atoms with Crippen molar-refractivity contribution in [2.24, 2.45) is 0 Å². The van der Waals surface area contributed by atoms with Gasteiger partial charge in [-0.25, -0.2) is 0 Å². The summed E-state index contributed by atoms with van der Waals surface area (Å²) in [7, 11) is 0. The molecule has 0 aromatic carbocycles. The van der Waals surface area contributed by atoms with E-state index in [1.54, 1.807) is 0 Å². The van der Waals surface area contributed by atoms with Crippen LogP contribution in [-0.4, -0.2) is 61.2 Å². The molecule has 0 bridgehead atoms. The summed E-state index contributed by atoms with van der Waals surface area (Å²) in [5, 5.41) is 13.1. The fourth-order valence-corrected chi connectivity index (χ4v) is 3.31. The van der Waals surface area contributed by atoms with Crippen LogP contribution in [-0.2, 0) is 0 Å². The highest BCUT2D eigenvalue weighted by Crippen LogP contribution is 2.28. The summed E-state index contributed by atoms with van der Waals surface area (Å²) in [5.41, 5.74) is -0.190. The minimum Gasteiger partial charge on any atom is -0.314 e. The van der Waals surface area contributed by atoms with Crippen LogP contribution >= 0.6 is 0 Å². The Kier molecular flexibility index (Phi) is 4.99. The lowest BCUT2D eigenvalue weighted by Gasteiger charge is -2.40. The van der Waals surface area contributed by atoms with Gasteiger partial charge in [0, 0.05) is 32.7 Å². The average Bonchev–Trinajstić information content (AvgIpc) is 2.64. The minimum atomic E-state index is -0.190. The van der Waals surface area contributed by atoms with Gasteiger partial charge in [0.25, 0.3) is 0 Å². The Hall–Kier alpha value is -0.630. The predicted octanol–water partition coefficient (Wildman–Crippen LogP) is 1.05. The van der Waals surface area contributed by atoms with Crippen LogP contribution in [0.15, 0.2) is 0 Å². The number of hydrogen-bond acceptors (Lipinski definition) is 4. The number of likely N-dealkylation sites (tertiary alicyclic amines) is 1. The average molecular weight is 250 g/mol. The first-order chi connectivity index (χ1) is 8.80. The van der Waals surface area contributed by atoms with E-state index in [4.69, 9.17) is 0 Å². The molecule has 0 aliphatic carbocycles. The van der Waals surface area contributed by atoms with Gasteiger partial charge in [0.1, 0.15) is 5.54 Å². The third-order valence-corrected chi connectivity index (χ3v) is 4.38. The standard InChI is InChI=1S/C14H26N4/c1-2-8-17-9-3-4-14(13-15,5-10-17)18-11-6-16-7-12-18/h16H,2-12H2,1H3. The Balaban J connectivity index is 2.01. The number of nitrogens with zero attached hydrogens (tertiary/aromatic N) is 3. The molecule has 18 heavy (non-hydrogen) atoms. The first-order valence-corrected chi connectivity index (χ1v) is 7.40. The van der Waals surface area contributed by atoms with E-state index in [1.165, 1.54) is 19.5 Å². The molecular weight excluding hydrogens is 224 g/mol. The molecule has 0 aromatic rings. The molecule has 2 saturated heterocycles. The molecule has 1 unspecified atom stereocenters. The lowest BCUT2D eigenvalue weighted by atomic mass is 9.89. The van der Waals surface area contributed by atoms with Crippen molar-refractivity contribution in [3.05, 3.63) is 0 Å². The van der Waals surface area contributed by atoms with Gasteiger partial charge in [-0.15, -0.1) is 0 Å². The monoisotopic (exact) mass is 250 g/mol. The van der Waals surface area contributed by atoms with Gasteiger partial charge < -0.3 is 10.2 Å². The Morgan fingerprint density at radius 1 is 1.17 bits per heavy atom. The molecule has 1 N–H and O–H groups in total. The van der Waals surface area contributed by atoms with Crippen molar-refractivity contribution in [3.8, 4) is 6.07 Å². The lowest BCUT2D eigenvalue weighted by molar-refractivity contribution is 0.104. The fraction of sp³-hybridized carbons (Fsp3) is 0.929. The van der Waals surface area contributed by atoms with Gasteiger partial charge in [0.15, 0.2) is 0 Å². The summed E-state index contributed by atoms with van der Waals surface area (Å²) in [6, 6.07) is 2.66. The van der Waals surface area contributed by atoms with Crippen molar-refractivity contribution >= 4 is 0 Å². The van der Waals surface area contributed by atoms with Crippen LogP contribution in [0.4, 0.5) is 0 Å². The summed E-state index contributed by atoms with van der Waals surface area (Å²) in [4.78, 5) is 4.96. The van der Waals surface area contributed by atoms with Crippen LogP contribution in [0.2, 0.25) is 0 Å². The first-order valence-electron chi connectivity index (χ1n) is 7.40. The zero-order valence-corrected chi connectivity index (χ0v) is 11.6. The van der Waals surface area contributed by atoms with E-state index in [0.29, 0.717) is 0 Å². The summed E-state index contributed by atoms with van der Waals surface area (Å²) < 4.78 is 0. The second kappa shape index (κ2) is 6.51. The highest BCUT2D eigenvalue weighted by Gasteiger charge is 2.38. The smallest absolute Gasteiger partial charge is 0.110 e. The second-order valence-corrected chi connectivity index (χ2v) is 5.58. The predicted molar refractivity (Wildman–Crippen MR) is 73.4 cm³/mol. The third-order valence-electron chi connectivity index (χ3n) is 4.38. The van der Waals surface area contributed by atoms with E-state index >= 15 is 0 Å². The zero-order chi connectivity index (χ0) is 12.8. The molecule has 2 aliphatic heterocycles. The normalized spacial score (nSPS) is 31.8. The number of piperazine rings is 1. The van der Waals surface area contributed by atoms with E-state index in [1.807, 2.05) is 0 Å². The van der Waals surface area contributed by atoms with E-state index in [0.717, 1.165) is 52.0 Å². The fourth-order valence-electron chi connectivity index (χ4n) is 3.31. The molecule has 102 valence electrons. The summed E-state index contributed by atoms with van der Waals surface area (Å²) in [6.45, 7) is 9.80. The summed E-state index contributed by atoms with van der Waals surface area (Å²) in [6.07, 6.45) is 4.44. The molecule has 2 aliphatic rings.